The second kappa shape index (κ2) is 5.63. The summed E-state index contributed by atoms with van der Waals surface area (Å²) in [5.74, 6) is 1.35. The smallest absolute Gasteiger partial charge is 0.179 e. The highest BCUT2D eigenvalue weighted by molar-refractivity contribution is 7.98. The topological polar surface area (TPSA) is 47.9 Å². The van der Waals surface area contributed by atoms with Crippen molar-refractivity contribution in [3.8, 4) is 17.3 Å². The van der Waals surface area contributed by atoms with Gasteiger partial charge >= 0.3 is 0 Å². The molecular weight excluding hydrogens is 234 g/mol. The van der Waals surface area contributed by atoms with Crippen LogP contribution in [0.15, 0.2) is 35.6 Å². The number of pyridine rings is 1. The van der Waals surface area contributed by atoms with E-state index in [1.807, 2.05) is 31.4 Å². The largest absolute Gasteiger partial charge is 0.489 e. The van der Waals surface area contributed by atoms with Crippen LogP contribution < -0.4 is 4.74 Å². The van der Waals surface area contributed by atoms with Crippen LogP contribution in [0.25, 0.3) is 11.5 Å². The maximum atomic E-state index is 5.45. The molecule has 0 bridgehead atoms. The lowest BCUT2D eigenvalue weighted by molar-refractivity contribution is 0.328. The van der Waals surface area contributed by atoms with Crippen LogP contribution in [0.5, 0.6) is 5.75 Å². The van der Waals surface area contributed by atoms with Crippen molar-refractivity contribution in [3.63, 3.8) is 0 Å². The van der Waals surface area contributed by atoms with Crippen LogP contribution in [0, 0.1) is 0 Å². The number of thioether (sulfide) groups is 1. The molecule has 2 rings (SSSR count). The highest BCUT2D eigenvalue weighted by atomic mass is 32.2. The van der Waals surface area contributed by atoms with E-state index in [1.165, 1.54) is 0 Å². The van der Waals surface area contributed by atoms with Crippen LogP contribution in [0.2, 0.25) is 0 Å². The van der Waals surface area contributed by atoms with Crippen molar-refractivity contribution in [2.45, 2.75) is 11.9 Å². The van der Waals surface area contributed by atoms with Crippen LogP contribution >= 0.6 is 11.8 Å². The summed E-state index contributed by atoms with van der Waals surface area (Å²) in [6.45, 7) is 2.55. The number of nitrogens with zero attached hydrogens (tertiary/aromatic N) is 3. The third-order valence-electron chi connectivity index (χ3n) is 2.11. The van der Waals surface area contributed by atoms with Gasteiger partial charge in [0, 0.05) is 6.20 Å². The minimum Gasteiger partial charge on any atom is -0.489 e. The van der Waals surface area contributed by atoms with Gasteiger partial charge in [-0.3, -0.25) is 4.98 Å². The molecule has 0 spiro atoms. The standard InChI is InChI=1S/C12H13N3OS/c1-3-16-10-8-14-11(15-12(10)17-2)9-6-4-5-7-13-9/h4-8H,3H2,1-2H3. The summed E-state index contributed by atoms with van der Waals surface area (Å²) in [6.07, 6.45) is 5.40. The highest BCUT2D eigenvalue weighted by Crippen LogP contribution is 2.26. The van der Waals surface area contributed by atoms with E-state index in [0.717, 1.165) is 16.5 Å². The second-order valence-electron chi connectivity index (χ2n) is 3.22. The molecule has 0 atom stereocenters. The van der Waals surface area contributed by atoms with Gasteiger partial charge in [-0.15, -0.1) is 11.8 Å². The van der Waals surface area contributed by atoms with Crippen molar-refractivity contribution < 1.29 is 4.74 Å². The Kier molecular flexibility index (Phi) is 3.93. The first-order valence-corrected chi connectivity index (χ1v) is 6.53. The molecule has 5 heteroatoms. The molecule has 0 aliphatic heterocycles. The van der Waals surface area contributed by atoms with Crippen LogP contribution in [0.1, 0.15) is 6.92 Å². The first-order valence-electron chi connectivity index (χ1n) is 5.30. The van der Waals surface area contributed by atoms with E-state index in [2.05, 4.69) is 15.0 Å². The zero-order chi connectivity index (χ0) is 12.1. The molecule has 17 heavy (non-hydrogen) atoms. The Morgan fingerprint density at radius 3 is 2.82 bits per heavy atom. The summed E-state index contributed by atoms with van der Waals surface area (Å²) in [4.78, 5) is 12.9. The van der Waals surface area contributed by atoms with Crippen molar-refractivity contribution in [2.75, 3.05) is 12.9 Å². The summed E-state index contributed by atoms with van der Waals surface area (Å²) in [5, 5.41) is 0.836. The SMILES string of the molecule is CCOc1cnc(-c2ccccn2)nc1SC. The Bertz CT molecular complexity index is 490. The fourth-order valence-corrected chi connectivity index (χ4v) is 1.86. The van der Waals surface area contributed by atoms with Crippen LogP contribution in [-0.4, -0.2) is 27.8 Å². The minimum atomic E-state index is 0.611. The number of aromatic nitrogens is 3. The Labute approximate surface area is 104 Å². The number of ether oxygens (including phenoxy) is 1. The third-order valence-corrected chi connectivity index (χ3v) is 2.79. The first kappa shape index (κ1) is 11.9. The van der Waals surface area contributed by atoms with Crippen LogP contribution in [0.3, 0.4) is 0 Å². The zero-order valence-corrected chi connectivity index (χ0v) is 10.6. The highest BCUT2D eigenvalue weighted by Gasteiger charge is 2.09. The molecule has 0 aliphatic carbocycles. The van der Waals surface area contributed by atoms with Crippen molar-refractivity contribution in [2.24, 2.45) is 0 Å². The average Bonchev–Trinajstić information content (AvgIpc) is 2.40. The van der Waals surface area contributed by atoms with E-state index < -0.39 is 0 Å². The molecule has 0 saturated carbocycles. The molecule has 4 nitrogen and oxygen atoms in total. The molecular formula is C12H13N3OS. The van der Waals surface area contributed by atoms with Crippen molar-refractivity contribution >= 4 is 11.8 Å². The van der Waals surface area contributed by atoms with Gasteiger partial charge in [0.05, 0.1) is 12.8 Å². The molecule has 0 saturated heterocycles. The third kappa shape index (κ3) is 2.74. The predicted octanol–water partition coefficient (Wildman–Crippen LogP) is 2.66. The first-order chi connectivity index (χ1) is 8.35. The van der Waals surface area contributed by atoms with Gasteiger partial charge in [-0.05, 0) is 25.3 Å². The Hall–Kier alpha value is -1.62. The zero-order valence-electron chi connectivity index (χ0n) is 9.75. The summed E-state index contributed by atoms with van der Waals surface area (Å²) < 4.78 is 5.45. The van der Waals surface area contributed by atoms with Crippen molar-refractivity contribution in [1.29, 1.82) is 0 Å². The molecule has 0 aromatic carbocycles. The van der Waals surface area contributed by atoms with Gasteiger partial charge in [0.1, 0.15) is 10.7 Å². The Morgan fingerprint density at radius 2 is 2.18 bits per heavy atom. The maximum Gasteiger partial charge on any atom is 0.179 e. The Morgan fingerprint density at radius 1 is 1.29 bits per heavy atom. The quantitative estimate of drug-likeness (QED) is 0.614. The lowest BCUT2D eigenvalue weighted by atomic mass is 10.3. The lowest BCUT2D eigenvalue weighted by Crippen LogP contribution is -1.99. The van der Waals surface area contributed by atoms with E-state index in [9.17, 15) is 0 Å². The van der Waals surface area contributed by atoms with Crippen LogP contribution in [-0.2, 0) is 0 Å². The van der Waals surface area contributed by atoms with Gasteiger partial charge in [0.15, 0.2) is 11.6 Å². The van der Waals surface area contributed by atoms with E-state index in [4.69, 9.17) is 4.74 Å². The molecule has 88 valence electrons. The van der Waals surface area contributed by atoms with E-state index >= 15 is 0 Å². The van der Waals surface area contributed by atoms with E-state index in [1.54, 1.807) is 24.2 Å². The monoisotopic (exact) mass is 247 g/mol. The molecule has 0 unspecified atom stereocenters. The van der Waals surface area contributed by atoms with E-state index in [-0.39, 0.29) is 0 Å². The maximum absolute atomic E-state index is 5.45. The van der Waals surface area contributed by atoms with Gasteiger partial charge in [0.2, 0.25) is 0 Å². The van der Waals surface area contributed by atoms with Crippen molar-refractivity contribution in [3.05, 3.63) is 30.6 Å². The molecule has 2 heterocycles. The normalized spacial score (nSPS) is 10.2. The molecule has 2 aromatic rings. The average molecular weight is 247 g/mol. The van der Waals surface area contributed by atoms with Gasteiger partial charge < -0.3 is 4.74 Å². The van der Waals surface area contributed by atoms with Gasteiger partial charge in [0.25, 0.3) is 0 Å². The fourth-order valence-electron chi connectivity index (χ4n) is 1.37. The second-order valence-corrected chi connectivity index (χ2v) is 4.01. The summed E-state index contributed by atoms with van der Waals surface area (Å²) >= 11 is 1.54. The van der Waals surface area contributed by atoms with E-state index in [0.29, 0.717) is 12.4 Å². The van der Waals surface area contributed by atoms with Gasteiger partial charge in [-0.25, -0.2) is 9.97 Å². The molecule has 0 fully saturated rings. The Balaban J connectivity index is 2.38. The van der Waals surface area contributed by atoms with Gasteiger partial charge in [-0.1, -0.05) is 6.07 Å². The van der Waals surface area contributed by atoms with Crippen molar-refractivity contribution in [1.82, 2.24) is 15.0 Å². The predicted molar refractivity (Wildman–Crippen MR) is 68.2 cm³/mol. The van der Waals surface area contributed by atoms with Gasteiger partial charge in [-0.2, -0.15) is 0 Å². The summed E-state index contributed by atoms with van der Waals surface area (Å²) in [7, 11) is 0. The molecule has 0 N–H and O–H groups in total. The fraction of sp³-hybridized carbons (Fsp3) is 0.250. The lowest BCUT2D eigenvalue weighted by Gasteiger charge is -2.07. The molecule has 0 radical (unpaired) electrons. The van der Waals surface area contributed by atoms with Crippen LogP contribution in [0.4, 0.5) is 0 Å². The summed E-state index contributed by atoms with van der Waals surface area (Å²) in [5.41, 5.74) is 0.769. The minimum absolute atomic E-state index is 0.611. The summed E-state index contributed by atoms with van der Waals surface area (Å²) in [6, 6.07) is 5.67. The number of rotatable bonds is 4. The number of hydrogen-bond acceptors (Lipinski definition) is 5. The molecule has 2 aromatic heterocycles. The molecule has 0 amide bonds. The number of hydrogen-bond donors (Lipinski definition) is 0. The molecule has 0 aliphatic rings.